The highest BCUT2D eigenvalue weighted by Crippen LogP contribution is 2.37. The minimum Gasteiger partial charge on any atom is -0.378 e. The van der Waals surface area contributed by atoms with Gasteiger partial charge in [0.2, 0.25) is 0 Å². The van der Waals surface area contributed by atoms with Gasteiger partial charge in [-0.15, -0.1) is 0 Å². The van der Waals surface area contributed by atoms with Crippen molar-refractivity contribution in [2.24, 2.45) is 0 Å². The number of rotatable bonds is 8. The van der Waals surface area contributed by atoms with Crippen LogP contribution in [0.2, 0.25) is 0 Å². The van der Waals surface area contributed by atoms with Crippen LogP contribution in [0.4, 0.5) is 22.0 Å². The molecule has 0 spiro atoms. The molecule has 1 fully saturated rings. The van der Waals surface area contributed by atoms with E-state index in [0.29, 0.717) is 25.0 Å². The van der Waals surface area contributed by atoms with Gasteiger partial charge in [-0.3, -0.25) is 0 Å². The minimum absolute atomic E-state index is 0.134. The third-order valence-corrected chi connectivity index (χ3v) is 7.07. The molecule has 3 aromatic carbocycles. The Morgan fingerprint density at radius 2 is 1.42 bits per heavy atom. The van der Waals surface area contributed by atoms with Crippen LogP contribution in [0.15, 0.2) is 42.5 Å². The number of halogens is 5. The zero-order valence-corrected chi connectivity index (χ0v) is 20.7. The monoisotopic (exact) mass is 502 g/mol. The summed E-state index contributed by atoms with van der Waals surface area (Å²) in [5.41, 5.74) is -0.0163. The van der Waals surface area contributed by atoms with Gasteiger partial charge in [-0.25, -0.2) is 22.0 Å². The van der Waals surface area contributed by atoms with Crippen LogP contribution in [0.3, 0.4) is 0 Å². The van der Waals surface area contributed by atoms with Crippen molar-refractivity contribution in [1.29, 1.82) is 0 Å². The average Bonchev–Trinajstić information content (AvgIpc) is 2.88. The zero-order chi connectivity index (χ0) is 25.8. The third-order valence-electron chi connectivity index (χ3n) is 7.07. The first-order valence-corrected chi connectivity index (χ1v) is 12.7. The molecule has 4 rings (SSSR count). The molecule has 2 unspecified atom stereocenters. The van der Waals surface area contributed by atoms with Crippen molar-refractivity contribution in [2.75, 3.05) is 6.61 Å². The number of unbranched alkanes of at least 4 members (excludes halogenated alkanes) is 1. The van der Waals surface area contributed by atoms with E-state index in [4.69, 9.17) is 4.74 Å². The molecule has 0 aliphatic carbocycles. The smallest absolute Gasteiger partial charge is 0.167 e. The fraction of sp³-hybridized carbons (Fsp3) is 0.400. The predicted octanol–water partition coefficient (Wildman–Crippen LogP) is 9.12. The highest BCUT2D eigenvalue weighted by atomic mass is 19.2. The topological polar surface area (TPSA) is 9.23 Å². The molecule has 192 valence electrons. The summed E-state index contributed by atoms with van der Waals surface area (Å²) in [6.45, 7) is 4.37. The Morgan fingerprint density at radius 1 is 0.750 bits per heavy atom. The quantitative estimate of drug-likeness (QED) is 0.279. The van der Waals surface area contributed by atoms with E-state index in [2.05, 4.69) is 6.92 Å². The molecule has 0 saturated carbocycles. The molecular formula is C30H31F5O. The molecule has 0 radical (unpaired) electrons. The van der Waals surface area contributed by atoms with Gasteiger partial charge >= 0.3 is 0 Å². The molecule has 6 heteroatoms. The van der Waals surface area contributed by atoms with Gasteiger partial charge < -0.3 is 4.74 Å². The first kappa shape index (κ1) is 26.3. The molecule has 36 heavy (non-hydrogen) atoms. The van der Waals surface area contributed by atoms with Crippen molar-refractivity contribution in [3.63, 3.8) is 0 Å². The molecule has 2 atom stereocenters. The highest BCUT2D eigenvalue weighted by molar-refractivity contribution is 5.72. The molecule has 0 bridgehead atoms. The number of ether oxygens (including phenoxy) is 1. The molecule has 1 heterocycles. The van der Waals surface area contributed by atoms with Crippen LogP contribution in [0, 0.1) is 29.1 Å². The van der Waals surface area contributed by atoms with E-state index in [9.17, 15) is 4.39 Å². The van der Waals surface area contributed by atoms with Crippen LogP contribution in [0.1, 0.15) is 69.4 Å². The summed E-state index contributed by atoms with van der Waals surface area (Å²) in [5.74, 6) is -5.61. The molecule has 0 N–H and O–H groups in total. The summed E-state index contributed by atoms with van der Waals surface area (Å²) in [4.78, 5) is 0. The van der Waals surface area contributed by atoms with Crippen molar-refractivity contribution < 1.29 is 26.7 Å². The maximum Gasteiger partial charge on any atom is 0.167 e. The van der Waals surface area contributed by atoms with Crippen LogP contribution >= 0.6 is 0 Å². The molecule has 1 aliphatic heterocycles. The van der Waals surface area contributed by atoms with E-state index in [1.54, 1.807) is 6.07 Å². The van der Waals surface area contributed by atoms with Gasteiger partial charge in [0.15, 0.2) is 23.3 Å². The van der Waals surface area contributed by atoms with E-state index in [1.165, 1.54) is 36.4 Å². The fourth-order valence-corrected chi connectivity index (χ4v) is 4.95. The number of hydrogen-bond donors (Lipinski definition) is 0. The second-order valence-electron chi connectivity index (χ2n) is 9.55. The lowest BCUT2D eigenvalue weighted by Gasteiger charge is -2.29. The SMILES string of the molecule is CCCCc1ccc(-c2ccc(-c3ccc(C4CCC(CCC)OC4)c(F)c3F)c(F)c2F)cc1F. The van der Waals surface area contributed by atoms with Crippen molar-refractivity contribution in [1.82, 2.24) is 0 Å². The zero-order valence-electron chi connectivity index (χ0n) is 20.7. The van der Waals surface area contributed by atoms with E-state index in [-0.39, 0.29) is 39.8 Å². The summed E-state index contributed by atoms with van der Waals surface area (Å²) < 4.78 is 80.5. The summed E-state index contributed by atoms with van der Waals surface area (Å²) in [6.07, 6.45) is 5.79. The van der Waals surface area contributed by atoms with Gasteiger partial charge in [-0.2, -0.15) is 0 Å². The molecule has 0 amide bonds. The van der Waals surface area contributed by atoms with Crippen molar-refractivity contribution in [3.8, 4) is 22.3 Å². The predicted molar refractivity (Wildman–Crippen MR) is 132 cm³/mol. The standard InChI is InChI=1S/C30H31F5O/c1-3-5-7-18-8-9-19(16-26(18)31)22-12-14-24(29(34)27(22)32)25-15-13-23(28(33)30(25)35)20-10-11-21(6-4-2)36-17-20/h8-9,12-16,20-21H,3-7,10-11,17H2,1-2H3. The van der Waals surface area contributed by atoms with Crippen molar-refractivity contribution in [2.45, 2.75) is 70.8 Å². The highest BCUT2D eigenvalue weighted by Gasteiger charge is 2.28. The molecule has 1 saturated heterocycles. The molecule has 1 nitrogen and oxygen atoms in total. The number of hydrogen-bond acceptors (Lipinski definition) is 1. The lowest BCUT2D eigenvalue weighted by atomic mass is 9.88. The Bertz CT molecular complexity index is 1210. The Kier molecular flexibility index (Phi) is 8.45. The van der Waals surface area contributed by atoms with Crippen molar-refractivity contribution in [3.05, 3.63) is 82.7 Å². The lowest BCUT2D eigenvalue weighted by Crippen LogP contribution is -2.25. The molecule has 0 aromatic heterocycles. The van der Waals surface area contributed by atoms with Gasteiger partial charge in [0, 0.05) is 22.6 Å². The van der Waals surface area contributed by atoms with E-state index in [0.717, 1.165) is 32.1 Å². The third kappa shape index (κ3) is 5.34. The molecular weight excluding hydrogens is 471 g/mol. The van der Waals surface area contributed by atoms with Crippen LogP contribution in [0.5, 0.6) is 0 Å². The van der Waals surface area contributed by atoms with Gasteiger partial charge in [-0.1, -0.05) is 63.1 Å². The number of aryl methyl sites for hydroxylation is 1. The Morgan fingerprint density at radius 3 is 2.06 bits per heavy atom. The molecule has 1 aliphatic rings. The van der Waals surface area contributed by atoms with Crippen LogP contribution in [0.25, 0.3) is 22.3 Å². The van der Waals surface area contributed by atoms with E-state index < -0.39 is 29.1 Å². The Hall–Kier alpha value is -2.73. The summed E-state index contributed by atoms with van der Waals surface area (Å²) >= 11 is 0. The van der Waals surface area contributed by atoms with Gasteiger partial charge in [0.1, 0.15) is 5.82 Å². The lowest BCUT2D eigenvalue weighted by molar-refractivity contribution is -0.00181. The fourth-order valence-electron chi connectivity index (χ4n) is 4.95. The average molecular weight is 503 g/mol. The minimum atomic E-state index is -1.31. The van der Waals surface area contributed by atoms with E-state index in [1.807, 2.05) is 6.92 Å². The van der Waals surface area contributed by atoms with Gasteiger partial charge in [0.25, 0.3) is 0 Å². The second-order valence-corrected chi connectivity index (χ2v) is 9.55. The Labute approximate surface area is 209 Å². The number of benzene rings is 3. The maximum atomic E-state index is 15.1. The van der Waals surface area contributed by atoms with Gasteiger partial charge in [0.05, 0.1) is 12.7 Å². The first-order chi connectivity index (χ1) is 17.3. The Balaban J connectivity index is 1.61. The van der Waals surface area contributed by atoms with Crippen LogP contribution < -0.4 is 0 Å². The van der Waals surface area contributed by atoms with Crippen molar-refractivity contribution >= 4 is 0 Å². The summed E-state index contributed by atoms with van der Waals surface area (Å²) in [5, 5.41) is 0. The van der Waals surface area contributed by atoms with E-state index >= 15 is 17.6 Å². The normalized spacial score (nSPS) is 18.0. The first-order valence-electron chi connectivity index (χ1n) is 12.7. The second kappa shape index (κ2) is 11.5. The summed E-state index contributed by atoms with van der Waals surface area (Å²) in [6, 6.07) is 9.46. The maximum absolute atomic E-state index is 15.1. The van der Waals surface area contributed by atoms with Crippen LogP contribution in [-0.2, 0) is 11.2 Å². The molecule has 3 aromatic rings. The largest absolute Gasteiger partial charge is 0.378 e. The van der Waals surface area contributed by atoms with Crippen LogP contribution in [-0.4, -0.2) is 12.7 Å². The summed E-state index contributed by atoms with van der Waals surface area (Å²) in [7, 11) is 0. The van der Waals surface area contributed by atoms with Gasteiger partial charge in [-0.05, 0) is 54.9 Å².